The van der Waals surface area contributed by atoms with Crippen molar-refractivity contribution in [3.63, 3.8) is 0 Å². The minimum absolute atomic E-state index is 0.405. The van der Waals surface area contributed by atoms with Crippen molar-refractivity contribution in [2.75, 3.05) is 0 Å². The number of aliphatic imine (C=N–C) groups is 1. The van der Waals surface area contributed by atoms with Crippen molar-refractivity contribution in [3.8, 4) is 0 Å². The van der Waals surface area contributed by atoms with E-state index in [1.807, 2.05) is 18.5 Å². The van der Waals surface area contributed by atoms with Crippen LogP contribution in [0, 0.1) is 0 Å². The summed E-state index contributed by atoms with van der Waals surface area (Å²) in [5.41, 5.74) is 2.52. The van der Waals surface area contributed by atoms with E-state index in [0.717, 1.165) is 25.7 Å². The molecule has 1 N–H and O–H groups in total. The summed E-state index contributed by atoms with van der Waals surface area (Å²) in [5, 5.41) is 3.41. The SMILES string of the molecule is C=CC1=C(CCCC=N/C=C\CC)C=CC(C)N1. The molecule has 1 aliphatic rings. The molecule has 0 aromatic carbocycles. The van der Waals surface area contributed by atoms with Gasteiger partial charge in [-0.05, 0) is 44.3 Å². The van der Waals surface area contributed by atoms with Gasteiger partial charge in [0.1, 0.15) is 0 Å². The summed E-state index contributed by atoms with van der Waals surface area (Å²) in [4.78, 5) is 4.22. The van der Waals surface area contributed by atoms with E-state index in [-0.39, 0.29) is 0 Å². The van der Waals surface area contributed by atoms with Crippen molar-refractivity contribution >= 4 is 6.21 Å². The second-order valence-corrected chi connectivity index (χ2v) is 4.45. The Morgan fingerprint density at radius 1 is 1.50 bits per heavy atom. The minimum Gasteiger partial charge on any atom is -0.379 e. The van der Waals surface area contributed by atoms with E-state index in [1.54, 1.807) is 0 Å². The molecule has 0 radical (unpaired) electrons. The van der Waals surface area contributed by atoms with Crippen LogP contribution in [0.25, 0.3) is 0 Å². The number of hydrogen-bond donors (Lipinski definition) is 1. The molecule has 1 heterocycles. The number of nitrogens with one attached hydrogen (secondary N) is 1. The molecule has 1 rings (SSSR count). The van der Waals surface area contributed by atoms with E-state index in [0.29, 0.717) is 6.04 Å². The molecule has 2 heteroatoms. The molecule has 0 aromatic heterocycles. The van der Waals surface area contributed by atoms with Gasteiger partial charge in [0.2, 0.25) is 0 Å². The standard InChI is InChI=1S/C16H24N2/c1-4-6-12-17-13-8-7-9-15-11-10-14(3)18-16(15)5-2/h5-6,10-14,18H,2,4,7-9H2,1,3H3/b12-6-,17-13?. The number of rotatable bonds is 7. The first-order valence-corrected chi connectivity index (χ1v) is 6.75. The Morgan fingerprint density at radius 3 is 3.06 bits per heavy atom. The monoisotopic (exact) mass is 244 g/mol. The van der Waals surface area contributed by atoms with E-state index < -0.39 is 0 Å². The zero-order chi connectivity index (χ0) is 13.2. The fraction of sp³-hybridized carbons (Fsp3) is 0.438. The van der Waals surface area contributed by atoms with E-state index in [4.69, 9.17) is 0 Å². The van der Waals surface area contributed by atoms with Crippen molar-refractivity contribution in [3.05, 3.63) is 48.4 Å². The summed E-state index contributed by atoms with van der Waals surface area (Å²) in [5.74, 6) is 0. The molecule has 1 aliphatic heterocycles. The van der Waals surface area contributed by atoms with E-state index in [2.05, 4.69) is 49.0 Å². The Morgan fingerprint density at radius 2 is 2.33 bits per heavy atom. The Bertz CT molecular complexity index is 373. The second-order valence-electron chi connectivity index (χ2n) is 4.45. The lowest BCUT2D eigenvalue weighted by Gasteiger charge is -2.20. The smallest absolute Gasteiger partial charge is 0.0419 e. The molecule has 98 valence electrons. The van der Waals surface area contributed by atoms with Gasteiger partial charge in [-0.15, -0.1) is 0 Å². The van der Waals surface area contributed by atoms with Gasteiger partial charge in [0.05, 0.1) is 0 Å². The van der Waals surface area contributed by atoms with Gasteiger partial charge in [0.15, 0.2) is 0 Å². The van der Waals surface area contributed by atoms with Gasteiger partial charge in [0.25, 0.3) is 0 Å². The normalized spacial score (nSPS) is 19.8. The molecule has 0 saturated carbocycles. The van der Waals surface area contributed by atoms with Gasteiger partial charge in [-0.1, -0.05) is 31.7 Å². The predicted octanol–water partition coefficient (Wildman–Crippen LogP) is 4.14. The lowest BCUT2D eigenvalue weighted by atomic mass is 10.0. The Hall–Kier alpha value is -1.57. The fourth-order valence-corrected chi connectivity index (χ4v) is 1.83. The molecule has 0 saturated heterocycles. The summed E-state index contributed by atoms with van der Waals surface area (Å²) in [7, 11) is 0. The number of allylic oxidation sites excluding steroid dienone is 4. The highest BCUT2D eigenvalue weighted by Gasteiger charge is 2.08. The molecular weight excluding hydrogens is 220 g/mol. The molecule has 2 nitrogen and oxygen atoms in total. The van der Waals surface area contributed by atoms with Gasteiger partial charge >= 0.3 is 0 Å². The molecule has 18 heavy (non-hydrogen) atoms. The van der Waals surface area contributed by atoms with Crippen molar-refractivity contribution in [2.45, 2.75) is 45.6 Å². The molecule has 0 aromatic rings. The maximum absolute atomic E-state index is 4.22. The molecule has 0 amide bonds. The largest absolute Gasteiger partial charge is 0.379 e. The average molecular weight is 244 g/mol. The van der Waals surface area contributed by atoms with E-state index >= 15 is 0 Å². The summed E-state index contributed by atoms with van der Waals surface area (Å²) in [6.07, 6.45) is 16.5. The van der Waals surface area contributed by atoms with Crippen molar-refractivity contribution in [2.24, 2.45) is 4.99 Å². The fourth-order valence-electron chi connectivity index (χ4n) is 1.83. The number of hydrogen-bond acceptors (Lipinski definition) is 2. The van der Waals surface area contributed by atoms with E-state index in [1.165, 1.54) is 11.3 Å². The first-order chi connectivity index (χ1) is 8.77. The predicted molar refractivity (Wildman–Crippen MR) is 80.7 cm³/mol. The van der Waals surface area contributed by atoms with Crippen molar-refractivity contribution in [1.82, 2.24) is 5.32 Å². The third-order valence-corrected chi connectivity index (χ3v) is 2.83. The maximum Gasteiger partial charge on any atom is 0.0419 e. The van der Waals surface area contributed by atoms with E-state index in [9.17, 15) is 0 Å². The van der Waals surface area contributed by atoms with Crippen LogP contribution in [0.3, 0.4) is 0 Å². The summed E-state index contributed by atoms with van der Waals surface area (Å²) in [6, 6.07) is 0.405. The van der Waals surface area contributed by atoms with Gasteiger partial charge in [-0.25, -0.2) is 0 Å². The molecule has 1 unspecified atom stereocenters. The quantitative estimate of drug-likeness (QED) is 0.528. The molecule has 0 spiro atoms. The number of unbranched alkanes of at least 4 members (excludes halogenated alkanes) is 1. The highest BCUT2D eigenvalue weighted by molar-refractivity contribution is 5.58. The highest BCUT2D eigenvalue weighted by atomic mass is 14.9. The van der Waals surface area contributed by atoms with Crippen LogP contribution < -0.4 is 5.32 Å². The van der Waals surface area contributed by atoms with Gasteiger partial charge in [-0.2, -0.15) is 0 Å². The van der Waals surface area contributed by atoms with Crippen LogP contribution in [-0.4, -0.2) is 12.3 Å². The van der Waals surface area contributed by atoms with Gasteiger partial charge < -0.3 is 5.32 Å². The first-order valence-electron chi connectivity index (χ1n) is 6.75. The lowest BCUT2D eigenvalue weighted by molar-refractivity contribution is 0.710. The van der Waals surface area contributed by atoms with Crippen LogP contribution in [0.4, 0.5) is 0 Å². The second kappa shape index (κ2) is 8.51. The Balaban J connectivity index is 2.34. The zero-order valence-corrected chi connectivity index (χ0v) is 11.5. The summed E-state index contributed by atoms with van der Waals surface area (Å²) < 4.78 is 0. The van der Waals surface area contributed by atoms with Crippen molar-refractivity contribution in [1.29, 1.82) is 0 Å². The highest BCUT2D eigenvalue weighted by Crippen LogP contribution is 2.17. The third kappa shape index (κ3) is 5.17. The van der Waals surface area contributed by atoms with Crippen LogP contribution in [-0.2, 0) is 0 Å². The Labute approximate surface area is 111 Å². The zero-order valence-electron chi connectivity index (χ0n) is 11.5. The third-order valence-electron chi connectivity index (χ3n) is 2.83. The van der Waals surface area contributed by atoms with Crippen LogP contribution in [0.1, 0.15) is 39.5 Å². The molecule has 1 atom stereocenters. The van der Waals surface area contributed by atoms with Crippen LogP contribution in [0.5, 0.6) is 0 Å². The minimum atomic E-state index is 0.405. The van der Waals surface area contributed by atoms with Crippen molar-refractivity contribution < 1.29 is 0 Å². The van der Waals surface area contributed by atoms with Gasteiger partial charge in [-0.3, -0.25) is 4.99 Å². The number of dihydropyridines is 1. The molecule has 0 bridgehead atoms. The molecule has 0 fully saturated rings. The average Bonchev–Trinajstić information content (AvgIpc) is 2.39. The Kier molecular flexibility index (Phi) is 6.85. The lowest BCUT2D eigenvalue weighted by Crippen LogP contribution is -2.26. The van der Waals surface area contributed by atoms with Crippen LogP contribution in [0.2, 0.25) is 0 Å². The summed E-state index contributed by atoms with van der Waals surface area (Å²) in [6.45, 7) is 8.11. The first kappa shape index (κ1) is 14.5. The molecule has 0 aliphatic carbocycles. The van der Waals surface area contributed by atoms with Crippen LogP contribution in [0.15, 0.2) is 53.3 Å². The molecular formula is C16H24N2. The van der Waals surface area contributed by atoms with Gasteiger partial charge in [0, 0.05) is 24.2 Å². The van der Waals surface area contributed by atoms with Crippen LogP contribution >= 0.6 is 0 Å². The number of nitrogens with zero attached hydrogens (tertiary/aromatic N) is 1. The summed E-state index contributed by atoms with van der Waals surface area (Å²) >= 11 is 0. The topological polar surface area (TPSA) is 24.4 Å². The maximum atomic E-state index is 4.22.